The molecule has 2 aromatic rings. The molecule has 0 radical (unpaired) electrons. The van der Waals surface area contributed by atoms with Crippen molar-refractivity contribution in [1.82, 2.24) is 19.8 Å². The monoisotopic (exact) mass is 514 g/mol. The predicted octanol–water partition coefficient (Wildman–Crippen LogP) is 2.65. The van der Waals surface area contributed by atoms with E-state index in [0.717, 1.165) is 16.9 Å². The van der Waals surface area contributed by atoms with Crippen molar-refractivity contribution in [2.45, 2.75) is 44.3 Å². The minimum absolute atomic E-state index is 0.0252. The van der Waals surface area contributed by atoms with Gasteiger partial charge < -0.3 is 15.0 Å². The summed E-state index contributed by atoms with van der Waals surface area (Å²) >= 11 is 0. The van der Waals surface area contributed by atoms with Crippen LogP contribution in [0.5, 0.6) is 5.75 Å². The zero-order chi connectivity index (χ0) is 25.8. The molecule has 0 aromatic heterocycles. The molecule has 2 fully saturated rings. The third-order valence-electron chi connectivity index (χ3n) is 7.09. The Hall–Kier alpha value is -2.95. The summed E-state index contributed by atoms with van der Waals surface area (Å²) in [5.74, 6) is 0.565. The predicted molar refractivity (Wildman–Crippen MR) is 137 cm³/mol. The maximum Gasteiger partial charge on any atom is 0.325 e. The van der Waals surface area contributed by atoms with E-state index in [0.29, 0.717) is 38.9 Å². The number of rotatable bonds is 10. The van der Waals surface area contributed by atoms with Crippen molar-refractivity contribution in [2.75, 3.05) is 32.5 Å². The molecule has 2 aliphatic heterocycles. The smallest absolute Gasteiger partial charge is 0.325 e. The Bertz CT molecular complexity index is 1160. The van der Waals surface area contributed by atoms with E-state index in [4.69, 9.17) is 4.74 Å². The fourth-order valence-electron chi connectivity index (χ4n) is 4.82. The second-order valence-electron chi connectivity index (χ2n) is 9.37. The van der Waals surface area contributed by atoms with Crippen LogP contribution in [-0.2, 0) is 21.4 Å². The van der Waals surface area contributed by atoms with Gasteiger partial charge in [-0.25, -0.2) is 17.9 Å². The molecule has 0 bridgehead atoms. The molecule has 3 amide bonds. The van der Waals surface area contributed by atoms with Gasteiger partial charge in [0.15, 0.2) is 0 Å². The molecule has 0 unspecified atom stereocenters. The van der Waals surface area contributed by atoms with Crippen LogP contribution in [0.1, 0.15) is 43.4 Å². The van der Waals surface area contributed by atoms with E-state index in [2.05, 4.69) is 14.9 Å². The molecule has 0 saturated carbocycles. The highest BCUT2D eigenvalue weighted by Gasteiger charge is 2.52. The van der Waals surface area contributed by atoms with Gasteiger partial charge in [0, 0.05) is 19.1 Å². The fourth-order valence-corrected chi connectivity index (χ4v) is 5.68. The van der Waals surface area contributed by atoms with Gasteiger partial charge in [0.2, 0.25) is 10.0 Å². The lowest BCUT2D eigenvalue weighted by Gasteiger charge is -2.37. The van der Waals surface area contributed by atoms with Crippen LogP contribution < -0.4 is 14.8 Å². The second-order valence-corrected chi connectivity index (χ2v) is 11.4. The molecule has 2 saturated heterocycles. The molecule has 1 spiro atoms. The van der Waals surface area contributed by atoms with Crippen LogP contribution in [0.3, 0.4) is 0 Å². The van der Waals surface area contributed by atoms with Crippen molar-refractivity contribution in [3.63, 3.8) is 0 Å². The van der Waals surface area contributed by atoms with Crippen LogP contribution in [0.4, 0.5) is 4.79 Å². The molecule has 2 heterocycles. The van der Waals surface area contributed by atoms with E-state index < -0.39 is 15.6 Å². The summed E-state index contributed by atoms with van der Waals surface area (Å²) in [6.07, 6.45) is 1.65. The van der Waals surface area contributed by atoms with Gasteiger partial charge in [-0.1, -0.05) is 42.5 Å². The Kier molecular flexibility index (Phi) is 7.97. The van der Waals surface area contributed by atoms with Gasteiger partial charge >= 0.3 is 6.03 Å². The fraction of sp³-hybridized carbons (Fsp3) is 0.462. The topological polar surface area (TPSA) is 108 Å². The standard InChI is InChI=1S/C26H34N4O5S/c1-3-36(33,34)28-23(21-7-5-4-6-8-21)13-16-29-17-14-26(15-18-29)24(31)30(25(32)27-26)19-20-9-11-22(35-2)12-10-20/h4-12,23,28H,3,13-19H2,1-2H3,(H,27,32)/t23-/m0/s1. The number of benzene rings is 2. The maximum absolute atomic E-state index is 13.3. The molecule has 2 aliphatic rings. The average molecular weight is 515 g/mol. The molecular weight excluding hydrogens is 480 g/mol. The number of methoxy groups -OCH3 is 1. The highest BCUT2D eigenvalue weighted by Crippen LogP contribution is 2.31. The zero-order valence-electron chi connectivity index (χ0n) is 20.8. The highest BCUT2D eigenvalue weighted by molar-refractivity contribution is 7.89. The Balaban J connectivity index is 1.35. The van der Waals surface area contributed by atoms with Crippen molar-refractivity contribution in [3.05, 3.63) is 65.7 Å². The number of carbonyl (C=O) groups excluding carboxylic acids is 2. The average Bonchev–Trinajstić information content (AvgIpc) is 3.12. The lowest BCUT2D eigenvalue weighted by molar-refractivity contribution is -0.133. The largest absolute Gasteiger partial charge is 0.497 e. The van der Waals surface area contributed by atoms with Crippen molar-refractivity contribution >= 4 is 22.0 Å². The molecule has 0 aliphatic carbocycles. The number of amides is 3. The first kappa shape index (κ1) is 26.1. The molecule has 1 atom stereocenters. The number of piperidine rings is 1. The summed E-state index contributed by atoms with van der Waals surface area (Å²) in [5.41, 5.74) is 0.911. The lowest BCUT2D eigenvalue weighted by atomic mass is 9.87. The number of imide groups is 1. The third kappa shape index (κ3) is 5.88. The first-order chi connectivity index (χ1) is 17.2. The number of hydrogen-bond donors (Lipinski definition) is 2. The van der Waals surface area contributed by atoms with Gasteiger partial charge in [0.05, 0.1) is 19.4 Å². The van der Waals surface area contributed by atoms with E-state index >= 15 is 0 Å². The van der Waals surface area contributed by atoms with Crippen molar-refractivity contribution < 1.29 is 22.7 Å². The van der Waals surface area contributed by atoms with Crippen molar-refractivity contribution in [3.8, 4) is 5.75 Å². The van der Waals surface area contributed by atoms with Gasteiger partial charge in [0.1, 0.15) is 11.3 Å². The Morgan fingerprint density at radius 3 is 2.33 bits per heavy atom. The number of nitrogens with one attached hydrogen (secondary N) is 2. The summed E-state index contributed by atoms with van der Waals surface area (Å²) in [7, 11) is -1.77. The van der Waals surface area contributed by atoms with E-state index in [-0.39, 0.29) is 30.3 Å². The Morgan fingerprint density at radius 2 is 1.72 bits per heavy atom. The number of likely N-dealkylation sites (tertiary alicyclic amines) is 1. The van der Waals surface area contributed by atoms with Crippen molar-refractivity contribution in [1.29, 1.82) is 0 Å². The van der Waals surface area contributed by atoms with Crippen LogP contribution in [-0.4, -0.2) is 68.2 Å². The molecule has 2 N–H and O–H groups in total. The summed E-state index contributed by atoms with van der Waals surface area (Å²) in [6.45, 7) is 3.81. The minimum atomic E-state index is -3.36. The highest BCUT2D eigenvalue weighted by atomic mass is 32.2. The van der Waals surface area contributed by atoms with Gasteiger partial charge in [0.25, 0.3) is 5.91 Å². The number of hydrogen-bond acceptors (Lipinski definition) is 6. The quantitative estimate of drug-likeness (QED) is 0.472. The Morgan fingerprint density at radius 1 is 1.06 bits per heavy atom. The molecular formula is C26H34N4O5S. The van der Waals surface area contributed by atoms with Gasteiger partial charge in [-0.3, -0.25) is 9.69 Å². The van der Waals surface area contributed by atoms with E-state index in [1.807, 2.05) is 54.6 Å². The first-order valence-corrected chi connectivity index (χ1v) is 13.9. The van der Waals surface area contributed by atoms with E-state index in [1.165, 1.54) is 4.90 Å². The molecule has 2 aromatic carbocycles. The van der Waals surface area contributed by atoms with Gasteiger partial charge in [-0.15, -0.1) is 0 Å². The zero-order valence-corrected chi connectivity index (χ0v) is 21.6. The second kappa shape index (κ2) is 11.0. The number of ether oxygens (including phenoxy) is 1. The molecule has 10 heteroatoms. The number of nitrogens with zero attached hydrogens (tertiary/aromatic N) is 2. The SMILES string of the molecule is CCS(=O)(=O)N[C@@H](CCN1CCC2(CC1)NC(=O)N(Cc1ccc(OC)cc1)C2=O)c1ccccc1. The van der Waals surface area contributed by atoms with Crippen LogP contribution in [0.15, 0.2) is 54.6 Å². The molecule has 9 nitrogen and oxygen atoms in total. The molecule has 4 rings (SSSR count). The van der Waals surface area contributed by atoms with Crippen LogP contribution >= 0.6 is 0 Å². The van der Waals surface area contributed by atoms with E-state index in [9.17, 15) is 18.0 Å². The summed E-state index contributed by atoms with van der Waals surface area (Å²) < 4.78 is 32.5. The number of urea groups is 1. The van der Waals surface area contributed by atoms with Crippen LogP contribution in [0, 0.1) is 0 Å². The number of sulfonamides is 1. The first-order valence-electron chi connectivity index (χ1n) is 12.3. The molecule has 36 heavy (non-hydrogen) atoms. The normalized spacial score (nSPS) is 18.9. The van der Waals surface area contributed by atoms with Crippen molar-refractivity contribution in [2.24, 2.45) is 0 Å². The Labute approximate surface area is 212 Å². The van der Waals surface area contributed by atoms with Crippen LogP contribution in [0.25, 0.3) is 0 Å². The van der Waals surface area contributed by atoms with Gasteiger partial charge in [-0.05, 0) is 56.0 Å². The van der Waals surface area contributed by atoms with E-state index in [1.54, 1.807) is 14.0 Å². The summed E-state index contributed by atoms with van der Waals surface area (Å²) in [5, 5.41) is 2.96. The lowest BCUT2D eigenvalue weighted by Crippen LogP contribution is -2.55. The van der Waals surface area contributed by atoms with Gasteiger partial charge in [-0.2, -0.15) is 0 Å². The maximum atomic E-state index is 13.3. The summed E-state index contributed by atoms with van der Waals surface area (Å²) in [6, 6.07) is 16.2. The minimum Gasteiger partial charge on any atom is -0.497 e. The summed E-state index contributed by atoms with van der Waals surface area (Å²) in [4.78, 5) is 29.5. The molecule has 194 valence electrons. The third-order valence-corrected chi connectivity index (χ3v) is 8.50. The van der Waals surface area contributed by atoms with Crippen LogP contribution in [0.2, 0.25) is 0 Å². The number of carbonyl (C=O) groups is 2.